The van der Waals surface area contributed by atoms with Gasteiger partial charge in [0.2, 0.25) is 5.91 Å². The number of nitrogens with one attached hydrogen (secondary N) is 2. The van der Waals surface area contributed by atoms with Crippen molar-refractivity contribution in [2.75, 3.05) is 10.0 Å². The third-order valence-electron chi connectivity index (χ3n) is 4.41. The fraction of sp³-hybridized carbons (Fsp3) is 0.174. The lowest BCUT2D eigenvalue weighted by Gasteiger charge is -2.11. The highest BCUT2D eigenvalue weighted by atomic mass is 32.2. The third-order valence-corrected chi connectivity index (χ3v) is 5.80. The average Bonchev–Trinajstić information content (AvgIpc) is 2.66. The summed E-state index contributed by atoms with van der Waals surface area (Å²) in [6.07, 6.45) is 1.01. The SMILES string of the molecule is Cc1cc(C)cc(NS(=O)(=O)c2ccc(NC(=O)CCc3ccccc3)cc2)c1. The minimum Gasteiger partial charge on any atom is -0.326 e. The second kappa shape index (κ2) is 8.92. The molecule has 0 fully saturated rings. The molecule has 0 aliphatic heterocycles. The first kappa shape index (κ1) is 20.6. The van der Waals surface area contributed by atoms with Gasteiger partial charge >= 0.3 is 0 Å². The summed E-state index contributed by atoms with van der Waals surface area (Å²) in [6, 6.07) is 21.5. The summed E-state index contributed by atoms with van der Waals surface area (Å²) in [7, 11) is -3.70. The first-order chi connectivity index (χ1) is 13.8. The minimum atomic E-state index is -3.70. The molecule has 0 aliphatic carbocycles. The van der Waals surface area contributed by atoms with Gasteiger partial charge < -0.3 is 5.32 Å². The second-order valence-electron chi connectivity index (χ2n) is 7.04. The molecule has 2 N–H and O–H groups in total. The summed E-state index contributed by atoms with van der Waals surface area (Å²) < 4.78 is 27.8. The molecule has 0 saturated heterocycles. The van der Waals surface area contributed by atoms with Gasteiger partial charge in [0.1, 0.15) is 0 Å². The van der Waals surface area contributed by atoms with Crippen LogP contribution in [0.5, 0.6) is 0 Å². The number of anilines is 2. The van der Waals surface area contributed by atoms with Crippen LogP contribution in [0.3, 0.4) is 0 Å². The number of rotatable bonds is 7. The van der Waals surface area contributed by atoms with Crippen LogP contribution >= 0.6 is 0 Å². The molecule has 0 atom stereocenters. The van der Waals surface area contributed by atoms with Crippen LogP contribution in [0.15, 0.2) is 77.7 Å². The predicted octanol–water partition coefficient (Wildman–Crippen LogP) is 4.68. The van der Waals surface area contributed by atoms with Crippen molar-refractivity contribution in [2.24, 2.45) is 0 Å². The van der Waals surface area contributed by atoms with E-state index < -0.39 is 10.0 Å². The first-order valence-electron chi connectivity index (χ1n) is 9.37. The number of hydrogen-bond acceptors (Lipinski definition) is 3. The van der Waals surface area contributed by atoms with Gasteiger partial charge in [-0.1, -0.05) is 36.4 Å². The van der Waals surface area contributed by atoms with Crippen LogP contribution in [-0.4, -0.2) is 14.3 Å². The minimum absolute atomic E-state index is 0.113. The summed E-state index contributed by atoms with van der Waals surface area (Å²) in [5.74, 6) is -0.113. The van der Waals surface area contributed by atoms with Crippen LogP contribution in [0.25, 0.3) is 0 Å². The first-order valence-corrected chi connectivity index (χ1v) is 10.9. The molecule has 0 heterocycles. The van der Waals surface area contributed by atoms with Gasteiger partial charge in [0.05, 0.1) is 4.90 Å². The topological polar surface area (TPSA) is 75.3 Å². The smallest absolute Gasteiger partial charge is 0.261 e. The number of sulfonamides is 1. The molecule has 29 heavy (non-hydrogen) atoms. The van der Waals surface area contributed by atoms with E-state index in [0.29, 0.717) is 24.2 Å². The molecule has 3 aromatic carbocycles. The van der Waals surface area contributed by atoms with Crippen molar-refractivity contribution >= 4 is 27.3 Å². The van der Waals surface area contributed by atoms with Gasteiger partial charge in [-0.15, -0.1) is 0 Å². The van der Waals surface area contributed by atoms with Crippen molar-refractivity contribution in [1.29, 1.82) is 0 Å². The van der Waals surface area contributed by atoms with E-state index in [0.717, 1.165) is 16.7 Å². The Morgan fingerprint density at radius 3 is 2.07 bits per heavy atom. The zero-order valence-corrected chi connectivity index (χ0v) is 17.3. The molecule has 0 radical (unpaired) electrons. The van der Waals surface area contributed by atoms with Crippen LogP contribution in [0.4, 0.5) is 11.4 Å². The highest BCUT2D eigenvalue weighted by molar-refractivity contribution is 7.92. The normalized spacial score (nSPS) is 11.1. The van der Waals surface area contributed by atoms with Gasteiger partial charge in [-0.25, -0.2) is 8.42 Å². The molecule has 0 bridgehead atoms. The van der Waals surface area contributed by atoms with Crippen molar-refractivity contribution in [3.63, 3.8) is 0 Å². The van der Waals surface area contributed by atoms with Gasteiger partial charge in [-0.2, -0.15) is 0 Å². The van der Waals surface area contributed by atoms with E-state index in [4.69, 9.17) is 0 Å². The Morgan fingerprint density at radius 2 is 1.45 bits per heavy atom. The molecule has 5 nitrogen and oxygen atoms in total. The second-order valence-corrected chi connectivity index (χ2v) is 8.72. The van der Waals surface area contributed by atoms with Crippen LogP contribution in [-0.2, 0) is 21.2 Å². The van der Waals surface area contributed by atoms with Crippen molar-refractivity contribution < 1.29 is 13.2 Å². The lowest BCUT2D eigenvalue weighted by atomic mass is 10.1. The Balaban J connectivity index is 1.62. The average molecular weight is 409 g/mol. The van der Waals surface area contributed by atoms with E-state index in [2.05, 4.69) is 10.0 Å². The van der Waals surface area contributed by atoms with E-state index in [1.54, 1.807) is 24.3 Å². The number of carbonyl (C=O) groups is 1. The number of aryl methyl sites for hydroxylation is 3. The monoisotopic (exact) mass is 408 g/mol. The van der Waals surface area contributed by atoms with E-state index in [9.17, 15) is 13.2 Å². The third kappa shape index (κ3) is 5.93. The fourth-order valence-electron chi connectivity index (χ4n) is 3.09. The largest absolute Gasteiger partial charge is 0.326 e. The Hall–Kier alpha value is -3.12. The maximum atomic E-state index is 12.6. The lowest BCUT2D eigenvalue weighted by Crippen LogP contribution is -2.14. The van der Waals surface area contributed by atoms with Gasteiger partial charge in [-0.3, -0.25) is 9.52 Å². The van der Waals surface area contributed by atoms with Gasteiger partial charge in [-0.05, 0) is 73.4 Å². The van der Waals surface area contributed by atoms with Crippen molar-refractivity contribution in [3.8, 4) is 0 Å². The zero-order chi connectivity index (χ0) is 20.9. The van der Waals surface area contributed by atoms with E-state index in [1.165, 1.54) is 12.1 Å². The number of hydrogen-bond donors (Lipinski definition) is 2. The summed E-state index contributed by atoms with van der Waals surface area (Å²) in [6.45, 7) is 3.83. The Bertz CT molecular complexity index is 1070. The van der Waals surface area contributed by atoms with Crippen molar-refractivity contribution in [3.05, 3.63) is 89.5 Å². The molecule has 150 valence electrons. The Morgan fingerprint density at radius 1 is 0.828 bits per heavy atom. The molecule has 0 aliphatic rings. The summed E-state index contributed by atoms with van der Waals surface area (Å²) in [4.78, 5) is 12.3. The number of carbonyl (C=O) groups excluding carboxylic acids is 1. The highest BCUT2D eigenvalue weighted by Crippen LogP contribution is 2.20. The van der Waals surface area contributed by atoms with E-state index in [-0.39, 0.29) is 10.8 Å². The maximum absolute atomic E-state index is 12.6. The molecule has 0 spiro atoms. The summed E-state index contributed by atoms with van der Waals surface area (Å²) in [5.41, 5.74) is 4.16. The van der Waals surface area contributed by atoms with Gasteiger partial charge in [0.25, 0.3) is 10.0 Å². The van der Waals surface area contributed by atoms with Crippen molar-refractivity contribution in [2.45, 2.75) is 31.6 Å². The highest BCUT2D eigenvalue weighted by Gasteiger charge is 2.15. The maximum Gasteiger partial charge on any atom is 0.261 e. The van der Waals surface area contributed by atoms with Gasteiger partial charge in [0.15, 0.2) is 0 Å². The predicted molar refractivity (Wildman–Crippen MR) is 117 cm³/mol. The van der Waals surface area contributed by atoms with Crippen molar-refractivity contribution in [1.82, 2.24) is 0 Å². The van der Waals surface area contributed by atoms with Crippen LogP contribution in [0, 0.1) is 13.8 Å². The van der Waals surface area contributed by atoms with Gasteiger partial charge in [0, 0.05) is 17.8 Å². The van der Waals surface area contributed by atoms with E-state index >= 15 is 0 Å². The quantitative estimate of drug-likeness (QED) is 0.596. The molecule has 1 amide bonds. The molecular weight excluding hydrogens is 384 g/mol. The van der Waals surface area contributed by atoms with Crippen LogP contribution in [0.2, 0.25) is 0 Å². The summed E-state index contributed by atoms with van der Waals surface area (Å²) >= 11 is 0. The Labute approximate surface area is 171 Å². The molecule has 6 heteroatoms. The number of amides is 1. The molecule has 3 rings (SSSR count). The van der Waals surface area contributed by atoms with Crippen LogP contribution < -0.4 is 10.0 Å². The molecule has 3 aromatic rings. The molecular formula is C23H24N2O3S. The lowest BCUT2D eigenvalue weighted by molar-refractivity contribution is -0.116. The number of benzene rings is 3. The zero-order valence-electron chi connectivity index (χ0n) is 16.5. The standard InChI is InChI=1S/C23H24N2O3S/c1-17-14-18(2)16-21(15-17)25-29(27,28)22-11-9-20(10-12-22)24-23(26)13-8-19-6-4-3-5-7-19/h3-7,9-12,14-16,25H,8,13H2,1-2H3,(H,24,26). The van der Waals surface area contributed by atoms with Crippen LogP contribution in [0.1, 0.15) is 23.1 Å². The van der Waals surface area contributed by atoms with E-state index in [1.807, 2.05) is 50.2 Å². The summed E-state index contributed by atoms with van der Waals surface area (Å²) in [5, 5.41) is 2.80. The molecule has 0 aromatic heterocycles. The molecule has 0 unspecified atom stereocenters. The Kier molecular flexibility index (Phi) is 6.34. The fourth-order valence-corrected chi connectivity index (χ4v) is 4.13. The molecule has 0 saturated carbocycles.